The van der Waals surface area contributed by atoms with E-state index < -0.39 is 0 Å². The number of fused-ring (bicyclic) bond motifs is 5. The molecule has 1 aromatic heterocycles. The van der Waals surface area contributed by atoms with E-state index in [4.69, 9.17) is 0 Å². The fourth-order valence-corrected chi connectivity index (χ4v) is 5.75. The Bertz CT molecular complexity index is 1410. The van der Waals surface area contributed by atoms with Crippen molar-refractivity contribution in [2.75, 3.05) is 0 Å². The zero-order valence-corrected chi connectivity index (χ0v) is 18.7. The molecule has 0 radical (unpaired) electrons. The molecule has 1 nitrogen and oxygen atoms in total. The van der Waals surface area contributed by atoms with Crippen LogP contribution in [-0.4, -0.2) is 4.98 Å². The predicted molar refractivity (Wildman–Crippen MR) is 130 cm³/mol. The van der Waals surface area contributed by atoms with E-state index in [2.05, 4.69) is 108 Å². The van der Waals surface area contributed by atoms with Crippen molar-refractivity contribution in [3.63, 3.8) is 0 Å². The van der Waals surface area contributed by atoms with Crippen LogP contribution < -0.4 is 0 Å². The number of pyridine rings is 1. The molecule has 2 heteroatoms. The van der Waals surface area contributed by atoms with Crippen LogP contribution in [0.15, 0.2) is 77.4 Å². The Morgan fingerprint density at radius 1 is 0.767 bits per heavy atom. The van der Waals surface area contributed by atoms with Gasteiger partial charge < -0.3 is 4.98 Å². The van der Waals surface area contributed by atoms with Crippen LogP contribution in [0.2, 0.25) is 0 Å². The monoisotopic (exact) mass is 451 g/mol. The average Bonchev–Trinajstić information content (AvgIpc) is 3.24. The Kier molecular flexibility index (Phi) is 3.94. The van der Waals surface area contributed by atoms with Crippen LogP contribution in [-0.2, 0) is 6.42 Å². The van der Waals surface area contributed by atoms with Crippen LogP contribution >= 0.6 is 15.9 Å². The number of H-pyrrole nitrogens is 1. The second kappa shape index (κ2) is 6.58. The lowest BCUT2D eigenvalue weighted by Crippen LogP contribution is -2.02. The molecule has 1 aliphatic carbocycles. The Morgan fingerprint density at radius 3 is 2.13 bits per heavy atom. The van der Waals surface area contributed by atoms with Crippen molar-refractivity contribution < 1.29 is 0 Å². The minimum Gasteiger partial charge on any atom is -0.349 e. The summed E-state index contributed by atoms with van der Waals surface area (Å²) in [6.45, 7) is 4.52. The van der Waals surface area contributed by atoms with Crippen molar-refractivity contribution in [3.8, 4) is 11.1 Å². The van der Waals surface area contributed by atoms with Gasteiger partial charge in [0, 0.05) is 16.8 Å². The molecule has 1 N–H and O–H groups in total. The van der Waals surface area contributed by atoms with Crippen molar-refractivity contribution in [2.45, 2.75) is 26.2 Å². The Morgan fingerprint density at radius 2 is 1.43 bits per heavy atom. The van der Waals surface area contributed by atoms with Gasteiger partial charge in [-0.1, -0.05) is 54.6 Å². The number of aromatic amines is 1. The standard InChI is InChI=1S/C28H22BrN/c1-16-13-24-17(2)18-11-12-28(29)30-27(18)15-26(24)23(16)14-25-21-9-5-3-7-19(21)20-8-4-6-10-22(20)25/h3-13,15,25,30H,14H2,1-2H3. The zero-order chi connectivity index (χ0) is 20.4. The first kappa shape index (κ1) is 18.0. The van der Waals surface area contributed by atoms with E-state index in [0.29, 0.717) is 5.92 Å². The Hall–Kier alpha value is -2.84. The maximum absolute atomic E-state index is 3.60. The van der Waals surface area contributed by atoms with Crippen molar-refractivity contribution in [3.05, 3.63) is 105 Å². The largest absolute Gasteiger partial charge is 0.349 e. The van der Waals surface area contributed by atoms with Crippen LogP contribution in [0.3, 0.4) is 0 Å². The molecule has 0 aliphatic heterocycles. The molecule has 0 saturated carbocycles. The minimum absolute atomic E-state index is 0.407. The Labute approximate surface area is 184 Å². The summed E-state index contributed by atoms with van der Waals surface area (Å²) in [5.74, 6) is 0.407. The second-order valence-electron chi connectivity index (χ2n) is 8.47. The summed E-state index contributed by atoms with van der Waals surface area (Å²) in [6, 6.07) is 26.9. The lowest BCUT2D eigenvalue weighted by atomic mass is 9.88. The number of hydrogen-bond donors (Lipinski definition) is 1. The first-order valence-electron chi connectivity index (χ1n) is 10.5. The third kappa shape index (κ3) is 2.53. The number of benzene rings is 3. The van der Waals surface area contributed by atoms with Gasteiger partial charge in [-0.25, -0.2) is 0 Å². The van der Waals surface area contributed by atoms with Gasteiger partial charge >= 0.3 is 0 Å². The van der Waals surface area contributed by atoms with Crippen molar-refractivity contribution >= 4 is 37.6 Å². The summed E-state index contributed by atoms with van der Waals surface area (Å²) in [5, 5.41) is 4.05. The highest BCUT2D eigenvalue weighted by molar-refractivity contribution is 9.10. The number of rotatable bonds is 2. The molecular formula is C28H22BrN. The van der Waals surface area contributed by atoms with E-state index in [1.165, 1.54) is 60.6 Å². The summed E-state index contributed by atoms with van der Waals surface area (Å²) in [4.78, 5) is 3.50. The highest BCUT2D eigenvalue weighted by atomic mass is 79.9. The zero-order valence-electron chi connectivity index (χ0n) is 17.1. The van der Waals surface area contributed by atoms with Crippen molar-refractivity contribution in [1.29, 1.82) is 0 Å². The molecule has 0 amide bonds. The van der Waals surface area contributed by atoms with E-state index in [0.717, 1.165) is 11.0 Å². The van der Waals surface area contributed by atoms with Crippen molar-refractivity contribution in [2.24, 2.45) is 0 Å². The predicted octanol–water partition coefficient (Wildman–Crippen LogP) is 8.06. The number of halogens is 1. The molecule has 1 heterocycles. The van der Waals surface area contributed by atoms with Gasteiger partial charge in [0.2, 0.25) is 0 Å². The molecule has 0 fully saturated rings. The minimum atomic E-state index is 0.407. The van der Waals surface area contributed by atoms with E-state index in [9.17, 15) is 0 Å². The van der Waals surface area contributed by atoms with Crippen LogP contribution in [0.1, 0.15) is 33.7 Å². The van der Waals surface area contributed by atoms with Gasteiger partial charge in [-0.2, -0.15) is 0 Å². The molecule has 0 unspecified atom stereocenters. The number of aryl methyl sites for hydroxylation is 2. The first-order chi connectivity index (χ1) is 14.6. The Balaban J connectivity index is 1.56. The summed E-state index contributed by atoms with van der Waals surface area (Å²) >= 11 is 3.60. The van der Waals surface area contributed by atoms with E-state index >= 15 is 0 Å². The van der Waals surface area contributed by atoms with Crippen LogP contribution in [0.5, 0.6) is 0 Å². The molecule has 0 bridgehead atoms. The lowest BCUT2D eigenvalue weighted by Gasteiger charge is -2.15. The number of aromatic nitrogens is 1. The smallest absolute Gasteiger partial charge is 0.0824 e. The van der Waals surface area contributed by atoms with E-state index in [-0.39, 0.29) is 0 Å². The molecule has 30 heavy (non-hydrogen) atoms. The lowest BCUT2D eigenvalue weighted by molar-refractivity contribution is 0.829. The summed E-state index contributed by atoms with van der Waals surface area (Å²) < 4.78 is 1.01. The van der Waals surface area contributed by atoms with Crippen LogP contribution in [0, 0.1) is 13.8 Å². The molecular weight excluding hydrogens is 430 g/mol. The van der Waals surface area contributed by atoms with Gasteiger partial charge in [-0.15, -0.1) is 0 Å². The maximum atomic E-state index is 3.60. The topological polar surface area (TPSA) is 15.8 Å². The third-order valence-electron chi connectivity index (χ3n) is 6.86. The highest BCUT2D eigenvalue weighted by Gasteiger charge is 2.29. The number of hydrogen-bond acceptors (Lipinski definition) is 0. The molecule has 4 aromatic carbocycles. The molecule has 0 saturated heterocycles. The van der Waals surface area contributed by atoms with Crippen LogP contribution in [0.25, 0.3) is 32.8 Å². The van der Waals surface area contributed by atoms with Gasteiger partial charge in [0.05, 0.1) is 4.60 Å². The molecule has 6 rings (SSSR count). The van der Waals surface area contributed by atoms with Crippen molar-refractivity contribution in [1.82, 2.24) is 4.98 Å². The second-order valence-corrected chi connectivity index (χ2v) is 9.32. The summed E-state index contributed by atoms with van der Waals surface area (Å²) in [5.41, 5.74) is 11.1. The normalized spacial score (nSPS) is 13.2. The van der Waals surface area contributed by atoms with E-state index in [1.807, 2.05) is 0 Å². The quantitative estimate of drug-likeness (QED) is 0.261. The maximum Gasteiger partial charge on any atom is 0.0824 e. The first-order valence-corrected chi connectivity index (χ1v) is 11.3. The van der Waals surface area contributed by atoms with Gasteiger partial charge in [-0.3, -0.25) is 0 Å². The fraction of sp³-hybridized carbons (Fsp3) is 0.143. The van der Waals surface area contributed by atoms with Gasteiger partial charge in [0.25, 0.3) is 0 Å². The van der Waals surface area contributed by atoms with Gasteiger partial charge in [0.1, 0.15) is 0 Å². The molecule has 146 valence electrons. The average molecular weight is 452 g/mol. The SMILES string of the molecule is Cc1cc2c(C)c3ccc(Br)[nH]c3cc2c1CC1c2ccccc2-c2ccccc21. The number of nitrogens with one attached hydrogen (secondary N) is 1. The summed E-state index contributed by atoms with van der Waals surface area (Å²) in [6.07, 6.45) is 1.03. The van der Waals surface area contributed by atoms with Crippen LogP contribution in [0.4, 0.5) is 0 Å². The third-order valence-corrected chi connectivity index (χ3v) is 7.32. The van der Waals surface area contributed by atoms with Gasteiger partial charge in [0.15, 0.2) is 0 Å². The molecule has 0 atom stereocenters. The molecule has 0 spiro atoms. The summed E-state index contributed by atoms with van der Waals surface area (Å²) in [7, 11) is 0. The molecule has 5 aromatic rings. The highest BCUT2D eigenvalue weighted by Crippen LogP contribution is 2.47. The fourth-order valence-electron chi connectivity index (χ4n) is 5.40. The van der Waals surface area contributed by atoms with E-state index in [1.54, 1.807) is 0 Å². The molecule has 1 aliphatic rings. The van der Waals surface area contributed by atoms with Gasteiger partial charge in [-0.05, 0) is 104 Å².